The SMILES string of the molecule is Cn1c(N2CCC=C(c3ccc(-c4ccccc4)cc3)C2)nc(-c2ccncn2)cc1=O. The first kappa shape index (κ1) is 19.9. The summed E-state index contributed by atoms with van der Waals surface area (Å²) in [7, 11) is 1.76. The van der Waals surface area contributed by atoms with E-state index in [0.29, 0.717) is 23.9 Å². The van der Waals surface area contributed by atoms with E-state index in [2.05, 4.69) is 69.5 Å². The number of anilines is 1. The smallest absolute Gasteiger partial charge is 0.255 e. The van der Waals surface area contributed by atoms with Crippen LogP contribution in [0.5, 0.6) is 0 Å². The van der Waals surface area contributed by atoms with Crippen molar-refractivity contribution in [1.29, 1.82) is 0 Å². The van der Waals surface area contributed by atoms with Crippen LogP contribution in [0.2, 0.25) is 0 Å². The van der Waals surface area contributed by atoms with Gasteiger partial charge in [0, 0.05) is 32.4 Å². The molecular weight excluding hydrogens is 398 g/mol. The summed E-state index contributed by atoms with van der Waals surface area (Å²) < 4.78 is 1.60. The summed E-state index contributed by atoms with van der Waals surface area (Å²) in [6.45, 7) is 1.50. The van der Waals surface area contributed by atoms with E-state index in [0.717, 1.165) is 13.0 Å². The number of benzene rings is 2. The van der Waals surface area contributed by atoms with Gasteiger partial charge >= 0.3 is 0 Å². The molecule has 0 saturated carbocycles. The first-order valence-electron chi connectivity index (χ1n) is 10.6. The molecule has 0 spiro atoms. The van der Waals surface area contributed by atoms with Crippen LogP contribution in [0.3, 0.4) is 0 Å². The van der Waals surface area contributed by atoms with Crippen LogP contribution in [0, 0.1) is 0 Å². The van der Waals surface area contributed by atoms with Gasteiger partial charge in [-0.1, -0.05) is 60.7 Å². The lowest BCUT2D eigenvalue weighted by molar-refractivity contribution is 0.726. The molecule has 1 aliphatic heterocycles. The Labute approximate surface area is 186 Å². The molecule has 0 atom stereocenters. The molecule has 158 valence electrons. The van der Waals surface area contributed by atoms with Crippen molar-refractivity contribution in [1.82, 2.24) is 19.5 Å². The molecule has 0 unspecified atom stereocenters. The third-order valence-corrected chi connectivity index (χ3v) is 5.75. The molecule has 0 radical (unpaired) electrons. The molecule has 0 aliphatic carbocycles. The molecule has 6 heteroatoms. The monoisotopic (exact) mass is 421 g/mol. The molecule has 6 nitrogen and oxygen atoms in total. The van der Waals surface area contributed by atoms with Crippen molar-refractivity contribution in [2.75, 3.05) is 18.0 Å². The van der Waals surface area contributed by atoms with Crippen LogP contribution >= 0.6 is 0 Å². The van der Waals surface area contributed by atoms with Crippen molar-refractivity contribution in [2.24, 2.45) is 7.05 Å². The van der Waals surface area contributed by atoms with E-state index in [1.54, 1.807) is 23.9 Å². The Morgan fingerprint density at radius 3 is 2.38 bits per heavy atom. The van der Waals surface area contributed by atoms with Crippen LogP contribution in [0.25, 0.3) is 28.1 Å². The normalized spacial score (nSPS) is 13.7. The molecule has 0 bridgehead atoms. The van der Waals surface area contributed by atoms with E-state index >= 15 is 0 Å². The van der Waals surface area contributed by atoms with Crippen molar-refractivity contribution < 1.29 is 0 Å². The van der Waals surface area contributed by atoms with E-state index in [9.17, 15) is 4.79 Å². The lowest BCUT2D eigenvalue weighted by Crippen LogP contribution is -2.35. The van der Waals surface area contributed by atoms with Crippen molar-refractivity contribution in [3.63, 3.8) is 0 Å². The number of aromatic nitrogens is 4. The summed E-state index contributed by atoms with van der Waals surface area (Å²) in [4.78, 5) is 27.8. The molecule has 1 aliphatic rings. The van der Waals surface area contributed by atoms with Crippen LogP contribution in [-0.2, 0) is 7.05 Å². The zero-order valence-corrected chi connectivity index (χ0v) is 17.8. The molecule has 0 amide bonds. The Kier molecular flexibility index (Phi) is 5.34. The maximum Gasteiger partial charge on any atom is 0.255 e. The number of nitrogens with zero attached hydrogens (tertiary/aromatic N) is 5. The highest BCUT2D eigenvalue weighted by atomic mass is 16.1. The predicted octanol–water partition coefficient (Wildman–Crippen LogP) is 4.20. The number of rotatable bonds is 4. The van der Waals surface area contributed by atoms with Crippen LogP contribution in [0.15, 0.2) is 90.1 Å². The first-order valence-corrected chi connectivity index (χ1v) is 10.6. The van der Waals surface area contributed by atoms with Crippen molar-refractivity contribution in [3.8, 4) is 22.5 Å². The summed E-state index contributed by atoms with van der Waals surface area (Å²) in [6, 6.07) is 22.3. The van der Waals surface area contributed by atoms with Gasteiger partial charge in [-0.05, 0) is 34.8 Å². The average molecular weight is 422 g/mol. The second-order valence-corrected chi connectivity index (χ2v) is 7.82. The van der Waals surface area contributed by atoms with E-state index < -0.39 is 0 Å². The number of hydrogen-bond donors (Lipinski definition) is 0. The Hall–Kier alpha value is -4.06. The molecule has 0 fully saturated rings. The molecule has 4 aromatic rings. The highest BCUT2D eigenvalue weighted by molar-refractivity contribution is 5.74. The van der Waals surface area contributed by atoms with Gasteiger partial charge in [0.15, 0.2) is 0 Å². The second kappa shape index (κ2) is 8.59. The Morgan fingerprint density at radius 1 is 0.875 bits per heavy atom. The molecular formula is C26H23N5O. The molecule has 5 rings (SSSR count). The fourth-order valence-corrected chi connectivity index (χ4v) is 4.01. The Bertz CT molecular complexity index is 1310. The van der Waals surface area contributed by atoms with Crippen LogP contribution in [0.4, 0.5) is 5.95 Å². The minimum absolute atomic E-state index is 0.105. The van der Waals surface area contributed by atoms with Crippen molar-refractivity contribution in [3.05, 3.63) is 101 Å². The summed E-state index contributed by atoms with van der Waals surface area (Å²) in [5.74, 6) is 0.651. The van der Waals surface area contributed by atoms with Crippen LogP contribution in [-0.4, -0.2) is 32.6 Å². The molecule has 0 saturated heterocycles. The molecule has 32 heavy (non-hydrogen) atoms. The van der Waals surface area contributed by atoms with Gasteiger partial charge in [-0.15, -0.1) is 0 Å². The fourth-order valence-electron chi connectivity index (χ4n) is 4.01. The number of hydrogen-bond acceptors (Lipinski definition) is 5. The average Bonchev–Trinajstić information content (AvgIpc) is 2.87. The third-order valence-electron chi connectivity index (χ3n) is 5.75. The third kappa shape index (κ3) is 3.95. The summed E-state index contributed by atoms with van der Waals surface area (Å²) in [6.07, 6.45) is 6.29. The molecule has 2 aromatic heterocycles. The summed E-state index contributed by atoms with van der Waals surface area (Å²) in [5.41, 5.74) is 5.93. The Morgan fingerprint density at radius 2 is 1.62 bits per heavy atom. The van der Waals surface area contributed by atoms with Crippen molar-refractivity contribution in [2.45, 2.75) is 6.42 Å². The van der Waals surface area contributed by atoms with Crippen LogP contribution < -0.4 is 10.5 Å². The van der Waals surface area contributed by atoms with Gasteiger partial charge in [0.2, 0.25) is 5.95 Å². The highest BCUT2D eigenvalue weighted by Gasteiger charge is 2.19. The lowest BCUT2D eigenvalue weighted by Gasteiger charge is -2.30. The maximum absolute atomic E-state index is 12.6. The topological polar surface area (TPSA) is 63.9 Å². The molecule has 2 aromatic carbocycles. The van der Waals surface area contributed by atoms with Crippen LogP contribution in [0.1, 0.15) is 12.0 Å². The molecule has 0 N–H and O–H groups in total. The van der Waals surface area contributed by atoms with E-state index in [4.69, 9.17) is 4.98 Å². The van der Waals surface area contributed by atoms with Gasteiger partial charge in [0.25, 0.3) is 5.56 Å². The van der Waals surface area contributed by atoms with Gasteiger partial charge in [0.05, 0.1) is 11.4 Å². The van der Waals surface area contributed by atoms with Gasteiger partial charge < -0.3 is 4.90 Å². The lowest BCUT2D eigenvalue weighted by atomic mass is 9.98. The quantitative estimate of drug-likeness (QED) is 0.494. The second-order valence-electron chi connectivity index (χ2n) is 7.82. The highest BCUT2D eigenvalue weighted by Crippen LogP contribution is 2.27. The fraction of sp³-hybridized carbons (Fsp3) is 0.154. The van der Waals surface area contributed by atoms with Gasteiger partial charge in [-0.25, -0.2) is 15.0 Å². The minimum Gasteiger partial charge on any atom is -0.338 e. The summed E-state index contributed by atoms with van der Waals surface area (Å²) >= 11 is 0. The van der Waals surface area contributed by atoms with Crippen molar-refractivity contribution >= 4 is 11.5 Å². The zero-order valence-electron chi connectivity index (χ0n) is 17.8. The van der Waals surface area contributed by atoms with E-state index in [1.165, 1.54) is 34.7 Å². The standard InChI is InChI=1S/C26H23N5O/c1-30-25(32)16-24(23-13-14-27-18-28-23)29-26(30)31-15-5-8-22(17-31)21-11-9-20(10-12-21)19-6-3-2-4-7-19/h2-4,6-14,16,18H,5,15,17H2,1H3. The first-order chi connectivity index (χ1) is 15.7. The van der Waals surface area contributed by atoms with E-state index in [-0.39, 0.29) is 5.56 Å². The van der Waals surface area contributed by atoms with E-state index in [1.807, 2.05) is 6.07 Å². The largest absolute Gasteiger partial charge is 0.338 e. The maximum atomic E-state index is 12.6. The van der Waals surface area contributed by atoms with Gasteiger partial charge in [-0.3, -0.25) is 9.36 Å². The zero-order chi connectivity index (χ0) is 21.9. The molecule has 3 heterocycles. The predicted molar refractivity (Wildman–Crippen MR) is 127 cm³/mol. The van der Waals surface area contributed by atoms with Gasteiger partial charge in [-0.2, -0.15) is 0 Å². The summed E-state index contributed by atoms with van der Waals surface area (Å²) in [5, 5.41) is 0. The van der Waals surface area contributed by atoms with Gasteiger partial charge in [0.1, 0.15) is 6.33 Å². The Balaban J connectivity index is 1.42. The minimum atomic E-state index is -0.105.